The van der Waals surface area contributed by atoms with E-state index in [4.69, 9.17) is 4.74 Å². The number of hydrogen-bond donors (Lipinski definition) is 0. The Kier molecular flexibility index (Phi) is 3.67. The number of rotatable bonds is 4. The largest absolute Gasteiger partial charge is 0.496 e. The Hall–Kier alpha value is -1.57. The molecule has 2 nitrogen and oxygen atoms in total. The molecule has 0 saturated heterocycles. The highest BCUT2D eigenvalue weighted by Gasteiger charge is 2.10. The Bertz CT molecular complexity index is 392. The minimum Gasteiger partial charge on any atom is -0.496 e. The number of benzene rings is 1. The fraction of sp³-hybridized carbons (Fsp3) is 0.308. The van der Waals surface area contributed by atoms with Crippen LogP contribution >= 0.6 is 0 Å². The standard InChI is InChI=1S/C13H16O2/c1-5-6-12(14)11-7-10(3)13(15-4)8-9(11)2/h5,7-8H,1,6H2,2-4H3. The zero-order valence-electron chi connectivity index (χ0n) is 9.46. The highest BCUT2D eigenvalue weighted by Crippen LogP contribution is 2.23. The van der Waals surface area contributed by atoms with E-state index >= 15 is 0 Å². The summed E-state index contributed by atoms with van der Waals surface area (Å²) in [6, 6.07) is 3.77. The van der Waals surface area contributed by atoms with Crippen molar-refractivity contribution in [2.24, 2.45) is 0 Å². The van der Waals surface area contributed by atoms with Gasteiger partial charge < -0.3 is 4.74 Å². The average Bonchev–Trinajstić information content (AvgIpc) is 2.21. The fourth-order valence-corrected chi connectivity index (χ4v) is 1.55. The number of carbonyl (C=O) groups excluding carboxylic acids is 1. The third-order valence-corrected chi connectivity index (χ3v) is 2.37. The molecule has 0 aliphatic rings. The van der Waals surface area contributed by atoms with E-state index in [0.29, 0.717) is 6.42 Å². The molecule has 0 heterocycles. The van der Waals surface area contributed by atoms with E-state index in [-0.39, 0.29) is 5.78 Å². The van der Waals surface area contributed by atoms with Crippen LogP contribution in [0.4, 0.5) is 0 Å². The van der Waals surface area contributed by atoms with Gasteiger partial charge in [-0.25, -0.2) is 0 Å². The molecule has 0 spiro atoms. The summed E-state index contributed by atoms with van der Waals surface area (Å²) in [4.78, 5) is 11.7. The van der Waals surface area contributed by atoms with Gasteiger partial charge in [0.15, 0.2) is 5.78 Å². The summed E-state index contributed by atoms with van der Waals surface area (Å²) in [5.41, 5.74) is 2.69. The van der Waals surface area contributed by atoms with Gasteiger partial charge in [-0.05, 0) is 37.1 Å². The highest BCUT2D eigenvalue weighted by molar-refractivity contribution is 5.98. The molecule has 15 heavy (non-hydrogen) atoms. The van der Waals surface area contributed by atoms with Crippen molar-refractivity contribution in [3.63, 3.8) is 0 Å². The number of ketones is 1. The molecule has 2 heteroatoms. The molecule has 0 atom stereocenters. The van der Waals surface area contributed by atoms with Crippen molar-refractivity contribution in [2.45, 2.75) is 20.3 Å². The molecule has 0 saturated carbocycles. The Balaban J connectivity index is 3.15. The first-order valence-electron chi connectivity index (χ1n) is 4.89. The average molecular weight is 204 g/mol. The van der Waals surface area contributed by atoms with Crippen molar-refractivity contribution in [3.8, 4) is 5.75 Å². The first-order valence-corrected chi connectivity index (χ1v) is 4.89. The van der Waals surface area contributed by atoms with Crippen molar-refractivity contribution in [3.05, 3.63) is 41.5 Å². The number of aryl methyl sites for hydroxylation is 2. The maximum Gasteiger partial charge on any atom is 0.166 e. The van der Waals surface area contributed by atoms with Crippen LogP contribution in [-0.4, -0.2) is 12.9 Å². The van der Waals surface area contributed by atoms with Crippen LogP contribution in [0.15, 0.2) is 24.8 Å². The zero-order valence-corrected chi connectivity index (χ0v) is 9.46. The van der Waals surface area contributed by atoms with Crippen LogP contribution in [0.2, 0.25) is 0 Å². The van der Waals surface area contributed by atoms with Gasteiger partial charge in [0, 0.05) is 12.0 Å². The third-order valence-electron chi connectivity index (χ3n) is 2.37. The molecule has 0 aliphatic heterocycles. The van der Waals surface area contributed by atoms with Gasteiger partial charge in [0.05, 0.1) is 7.11 Å². The number of ether oxygens (including phenoxy) is 1. The molecule has 0 aliphatic carbocycles. The van der Waals surface area contributed by atoms with E-state index < -0.39 is 0 Å². The molecular weight excluding hydrogens is 188 g/mol. The highest BCUT2D eigenvalue weighted by atomic mass is 16.5. The number of allylic oxidation sites excluding steroid dienone is 1. The van der Waals surface area contributed by atoms with Gasteiger partial charge in [-0.1, -0.05) is 6.08 Å². The molecule has 80 valence electrons. The summed E-state index contributed by atoms with van der Waals surface area (Å²) >= 11 is 0. The van der Waals surface area contributed by atoms with Crippen LogP contribution in [0.1, 0.15) is 27.9 Å². The number of Topliss-reactive ketones (excluding diaryl/α,β-unsaturated/α-hetero) is 1. The summed E-state index contributed by atoms with van der Waals surface area (Å²) in [5, 5.41) is 0. The monoisotopic (exact) mass is 204 g/mol. The second kappa shape index (κ2) is 4.78. The van der Waals surface area contributed by atoms with Gasteiger partial charge in [0.25, 0.3) is 0 Å². The van der Waals surface area contributed by atoms with Gasteiger partial charge in [-0.2, -0.15) is 0 Å². The van der Waals surface area contributed by atoms with Crippen LogP contribution in [-0.2, 0) is 0 Å². The van der Waals surface area contributed by atoms with Gasteiger partial charge in [0.1, 0.15) is 5.75 Å². The lowest BCUT2D eigenvalue weighted by atomic mass is 9.99. The van der Waals surface area contributed by atoms with E-state index in [1.807, 2.05) is 26.0 Å². The maximum absolute atomic E-state index is 11.7. The summed E-state index contributed by atoms with van der Waals surface area (Å²) in [6.07, 6.45) is 2.01. The lowest BCUT2D eigenvalue weighted by molar-refractivity contribution is 0.0995. The van der Waals surface area contributed by atoms with Gasteiger partial charge >= 0.3 is 0 Å². The summed E-state index contributed by atoms with van der Waals surface area (Å²) in [7, 11) is 1.63. The maximum atomic E-state index is 11.7. The Morgan fingerprint density at radius 1 is 1.40 bits per heavy atom. The van der Waals surface area contributed by atoms with Crippen molar-refractivity contribution in [1.29, 1.82) is 0 Å². The third kappa shape index (κ3) is 2.46. The summed E-state index contributed by atoms with van der Waals surface area (Å²) < 4.78 is 5.19. The normalized spacial score (nSPS) is 9.80. The quantitative estimate of drug-likeness (QED) is 0.556. The van der Waals surface area contributed by atoms with Crippen LogP contribution in [0, 0.1) is 13.8 Å². The Morgan fingerprint density at radius 2 is 2.07 bits per heavy atom. The van der Waals surface area contributed by atoms with Crippen molar-refractivity contribution >= 4 is 5.78 Å². The molecule has 0 radical (unpaired) electrons. The summed E-state index contributed by atoms with van der Waals surface area (Å²) in [6.45, 7) is 7.41. The van der Waals surface area contributed by atoms with Crippen molar-refractivity contribution in [1.82, 2.24) is 0 Å². The molecule has 0 aromatic heterocycles. The van der Waals surface area contributed by atoms with E-state index in [1.165, 1.54) is 0 Å². The first kappa shape index (κ1) is 11.5. The smallest absolute Gasteiger partial charge is 0.166 e. The van der Waals surface area contributed by atoms with Gasteiger partial charge in [-0.15, -0.1) is 6.58 Å². The second-order valence-corrected chi connectivity index (χ2v) is 3.55. The molecule has 0 amide bonds. The predicted octanol–water partition coefficient (Wildman–Crippen LogP) is 3.07. The first-order chi connectivity index (χ1) is 7.10. The van der Waals surface area contributed by atoms with E-state index in [9.17, 15) is 4.79 Å². The molecular formula is C13H16O2. The van der Waals surface area contributed by atoms with E-state index in [0.717, 1.165) is 22.4 Å². The lowest BCUT2D eigenvalue weighted by Gasteiger charge is -2.09. The molecule has 0 fully saturated rings. The Morgan fingerprint density at radius 3 is 2.60 bits per heavy atom. The van der Waals surface area contributed by atoms with Crippen LogP contribution in [0.3, 0.4) is 0 Å². The van der Waals surface area contributed by atoms with E-state index in [1.54, 1.807) is 13.2 Å². The lowest BCUT2D eigenvalue weighted by Crippen LogP contribution is -2.02. The minimum absolute atomic E-state index is 0.105. The van der Waals surface area contributed by atoms with Gasteiger partial charge in [-0.3, -0.25) is 4.79 Å². The van der Waals surface area contributed by atoms with Crippen LogP contribution < -0.4 is 4.74 Å². The number of carbonyl (C=O) groups is 1. The number of hydrogen-bond acceptors (Lipinski definition) is 2. The van der Waals surface area contributed by atoms with Crippen LogP contribution in [0.5, 0.6) is 5.75 Å². The van der Waals surface area contributed by atoms with Crippen molar-refractivity contribution < 1.29 is 9.53 Å². The fourth-order valence-electron chi connectivity index (χ4n) is 1.55. The minimum atomic E-state index is 0.105. The zero-order chi connectivity index (χ0) is 11.4. The topological polar surface area (TPSA) is 26.3 Å². The summed E-state index contributed by atoms with van der Waals surface area (Å²) in [5.74, 6) is 0.927. The van der Waals surface area contributed by atoms with Crippen LogP contribution in [0.25, 0.3) is 0 Å². The predicted molar refractivity (Wildman–Crippen MR) is 61.6 cm³/mol. The van der Waals surface area contributed by atoms with E-state index in [2.05, 4.69) is 6.58 Å². The molecule has 0 bridgehead atoms. The molecule has 0 N–H and O–H groups in total. The SMILES string of the molecule is C=CCC(=O)c1cc(C)c(OC)cc1C. The van der Waals surface area contributed by atoms with Crippen molar-refractivity contribution in [2.75, 3.05) is 7.11 Å². The molecule has 0 unspecified atom stereocenters. The Labute approximate surface area is 90.6 Å². The van der Waals surface area contributed by atoms with Gasteiger partial charge in [0.2, 0.25) is 0 Å². The molecule has 1 rings (SSSR count). The number of methoxy groups -OCH3 is 1. The second-order valence-electron chi connectivity index (χ2n) is 3.55. The molecule has 1 aromatic rings. The molecule has 1 aromatic carbocycles.